The molecule has 2 fully saturated rings. The van der Waals surface area contributed by atoms with Gasteiger partial charge in [-0.25, -0.2) is 0 Å². The summed E-state index contributed by atoms with van der Waals surface area (Å²) >= 11 is 0. The maximum Gasteiger partial charge on any atom is 0.194 e. The molecule has 5 nitrogen and oxygen atoms in total. The molecular weight excluding hydrogens is 350 g/mol. The molecule has 0 N–H and O–H groups in total. The van der Waals surface area contributed by atoms with Crippen molar-refractivity contribution >= 4 is 10.9 Å². The fraction of sp³-hybridized carbons (Fsp3) is 0.609. The molecular formula is C23H33N3O2. The molecule has 4 rings (SSSR count). The Morgan fingerprint density at radius 1 is 1.07 bits per heavy atom. The van der Waals surface area contributed by atoms with Crippen molar-refractivity contribution < 1.29 is 4.74 Å². The fourth-order valence-corrected chi connectivity index (χ4v) is 4.97. The average molecular weight is 384 g/mol. The Morgan fingerprint density at radius 3 is 2.46 bits per heavy atom. The Kier molecular flexibility index (Phi) is 5.74. The van der Waals surface area contributed by atoms with E-state index in [4.69, 9.17) is 4.74 Å². The van der Waals surface area contributed by atoms with Gasteiger partial charge in [-0.05, 0) is 38.0 Å². The van der Waals surface area contributed by atoms with Crippen molar-refractivity contribution in [3.05, 3.63) is 39.7 Å². The minimum absolute atomic E-state index is 0.152. The van der Waals surface area contributed by atoms with Crippen molar-refractivity contribution in [2.75, 3.05) is 33.3 Å². The third-order valence-corrected chi connectivity index (χ3v) is 6.90. The molecule has 0 amide bonds. The zero-order valence-corrected chi connectivity index (χ0v) is 17.5. The van der Waals surface area contributed by atoms with Crippen LogP contribution in [0.3, 0.4) is 0 Å². The molecule has 2 heterocycles. The summed E-state index contributed by atoms with van der Waals surface area (Å²) in [6.07, 6.45) is 6.92. The summed E-state index contributed by atoms with van der Waals surface area (Å²) in [5.41, 5.74) is 3.11. The minimum Gasteiger partial charge on any atom is -0.497 e. The third kappa shape index (κ3) is 3.70. The highest BCUT2D eigenvalue weighted by Gasteiger charge is 2.26. The summed E-state index contributed by atoms with van der Waals surface area (Å²) in [6, 6.07) is 6.57. The van der Waals surface area contributed by atoms with Crippen LogP contribution in [0.5, 0.6) is 5.75 Å². The van der Waals surface area contributed by atoms with E-state index in [-0.39, 0.29) is 5.43 Å². The van der Waals surface area contributed by atoms with Gasteiger partial charge in [0, 0.05) is 62.5 Å². The number of fused-ring (bicyclic) bond motifs is 1. The second kappa shape index (κ2) is 8.26. The van der Waals surface area contributed by atoms with E-state index in [0.717, 1.165) is 66.7 Å². The number of piperazine rings is 1. The van der Waals surface area contributed by atoms with Gasteiger partial charge in [-0.15, -0.1) is 0 Å². The van der Waals surface area contributed by atoms with Crippen molar-refractivity contribution in [3.8, 4) is 5.75 Å². The Labute approximate surface area is 167 Å². The van der Waals surface area contributed by atoms with Crippen LogP contribution in [-0.2, 0) is 13.6 Å². The third-order valence-electron chi connectivity index (χ3n) is 6.90. The van der Waals surface area contributed by atoms with Gasteiger partial charge in [0.2, 0.25) is 0 Å². The molecule has 0 spiro atoms. The monoisotopic (exact) mass is 383 g/mol. The highest BCUT2D eigenvalue weighted by Crippen LogP contribution is 2.24. The molecule has 0 bridgehead atoms. The van der Waals surface area contributed by atoms with Crippen LogP contribution in [0.4, 0.5) is 0 Å². The number of methoxy groups -OCH3 is 1. The van der Waals surface area contributed by atoms with Crippen molar-refractivity contribution in [2.45, 2.75) is 51.6 Å². The number of hydrogen-bond donors (Lipinski definition) is 0. The Morgan fingerprint density at radius 2 is 1.79 bits per heavy atom. The summed E-state index contributed by atoms with van der Waals surface area (Å²) in [5.74, 6) is 0.737. The van der Waals surface area contributed by atoms with Gasteiger partial charge in [0.25, 0.3) is 0 Å². The van der Waals surface area contributed by atoms with Gasteiger partial charge < -0.3 is 9.30 Å². The lowest BCUT2D eigenvalue weighted by Gasteiger charge is -2.40. The van der Waals surface area contributed by atoms with E-state index in [0.29, 0.717) is 0 Å². The summed E-state index contributed by atoms with van der Waals surface area (Å²) in [6.45, 7) is 7.17. The molecule has 1 aliphatic heterocycles. The first kappa shape index (κ1) is 19.5. The Hall–Kier alpha value is -1.85. The second-order valence-electron chi connectivity index (χ2n) is 8.44. The zero-order valence-electron chi connectivity index (χ0n) is 17.5. The van der Waals surface area contributed by atoms with Gasteiger partial charge in [0.05, 0.1) is 12.6 Å². The number of pyridine rings is 1. The summed E-state index contributed by atoms with van der Waals surface area (Å²) in [5, 5.41) is 0.753. The number of aromatic nitrogens is 1. The van der Waals surface area contributed by atoms with Crippen molar-refractivity contribution in [3.63, 3.8) is 0 Å². The zero-order chi connectivity index (χ0) is 19.7. The first-order chi connectivity index (χ1) is 13.6. The van der Waals surface area contributed by atoms with Gasteiger partial charge in [-0.1, -0.05) is 19.3 Å². The quantitative estimate of drug-likeness (QED) is 0.812. The van der Waals surface area contributed by atoms with Crippen molar-refractivity contribution in [1.82, 2.24) is 14.4 Å². The van der Waals surface area contributed by atoms with E-state index in [9.17, 15) is 4.79 Å². The highest BCUT2D eigenvalue weighted by atomic mass is 16.5. The molecule has 1 saturated carbocycles. The standard InChI is InChI=1S/C23H33N3O2/c1-17-21(23(27)20-15-19(28-3)9-10-22(20)24(17)2)16-25-11-13-26(14-12-25)18-7-5-4-6-8-18/h9-10,15,18H,4-8,11-14,16H2,1-3H3. The van der Waals surface area contributed by atoms with Gasteiger partial charge in [0.15, 0.2) is 5.43 Å². The molecule has 0 atom stereocenters. The first-order valence-corrected chi connectivity index (χ1v) is 10.7. The lowest BCUT2D eigenvalue weighted by atomic mass is 9.94. The van der Waals surface area contributed by atoms with Crippen LogP contribution in [0.15, 0.2) is 23.0 Å². The lowest BCUT2D eigenvalue weighted by Crippen LogP contribution is -2.50. The SMILES string of the molecule is COc1ccc2c(c1)c(=O)c(CN1CCN(C3CCCCC3)CC1)c(C)n2C. The minimum atomic E-state index is 0.152. The molecule has 28 heavy (non-hydrogen) atoms. The van der Waals surface area contributed by atoms with E-state index < -0.39 is 0 Å². The summed E-state index contributed by atoms with van der Waals surface area (Å²) in [4.78, 5) is 18.4. The lowest BCUT2D eigenvalue weighted by molar-refractivity contribution is 0.0752. The van der Waals surface area contributed by atoms with E-state index in [1.54, 1.807) is 7.11 Å². The predicted octanol–water partition coefficient (Wildman–Crippen LogP) is 3.31. The average Bonchev–Trinajstić information content (AvgIpc) is 2.76. The van der Waals surface area contributed by atoms with Gasteiger partial charge in [-0.2, -0.15) is 0 Å². The van der Waals surface area contributed by atoms with Gasteiger partial charge in [-0.3, -0.25) is 14.6 Å². The van der Waals surface area contributed by atoms with Crippen LogP contribution >= 0.6 is 0 Å². The van der Waals surface area contributed by atoms with Crippen LogP contribution in [0.1, 0.15) is 43.4 Å². The first-order valence-electron chi connectivity index (χ1n) is 10.7. The van der Waals surface area contributed by atoms with Crippen LogP contribution < -0.4 is 10.2 Å². The number of rotatable bonds is 4. The molecule has 2 aliphatic rings. The maximum absolute atomic E-state index is 13.2. The molecule has 1 aromatic heterocycles. The fourth-order valence-electron chi connectivity index (χ4n) is 4.97. The molecule has 0 radical (unpaired) electrons. The number of hydrogen-bond acceptors (Lipinski definition) is 4. The van der Waals surface area contributed by atoms with E-state index >= 15 is 0 Å². The van der Waals surface area contributed by atoms with E-state index in [1.165, 1.54) is 32.1 Å². The smallest absolute Gasteiger partial charge is 0.194 e. The molecule has 5 heteroatoms. The Bertz CT molecular complexity index is 891. The molecule has 1 aliphatic carbocycles. The molecule has 0 unspecified atom stereocenters. The Balaban J connectivity index is 1.52. The summed E-state index contributed by atoms with van der Waals surface area (Å²) < 4.78 is 7.49. The number of nitrogens with zero attached hydrogens (tertiary/aromatic N) is 3. The molecule has 1 aromatic carbocycles. The number of ether oxygens (including phenoxy) is 1. The van der Waals surface area contributed by atoms with Crippen LogP contribution in [0.25, 0.3) is 10.9 Å². The highest BCUT2D eigenvalue weighted by molar-refractivity contribution is 5.81. The van der Waals surface area contributed by atoms with Crippen LogP contribution in [-0.4, -0.2) is 53.7 Å². The number of aryl methyl sites for hydroxylation is 1. The molecule has 1 saturated heterocycles. The van der Waals surface area contributed by atoms with Crippen molar-refractivity contribution in [1.29, 1.82) is 0 Å². The molecule has 152 valence electrons. The van der Waals surface area contributed by atoms with Crippen LogP contribution in [0, 0.1) is 6.92 Å². The van der Waals surface area contributed by atoms with E-state index in [2.05, 4.69) is 21.3 Å². The maximum atomic E-state index is 13.2. The van der Waals surface area contributed by atoms with Crippen LogP contribution in [0.2, 0.25) is 0 Å². The topological polar surface area (TPSA) is 37.7 Å². The second-order valence-corrected chi connectivity index (χ2v) is 8.44. The van der Waals surface area contributed by atoms with Gasteiger partial charge in [0.1, 0.15) is 5.75 Å². The largest absolute Gasteiger partial charge is 0.497 e. The molecule has 2 aromatic rings. The number of benzene rings is 1. The summed E-state index contributed by atoms with van der Waals surface area (Å²) in [7, 11) is 3.70. The predicted molar refractivity (Wildman–Crippen MR) is 114 cm³/mol. The van der Waals surface area contributed by atoms with E-state index in [1.807, 2.05) is 25.2 Å². The van der Waals surface area contributed by atoms with Gasteiger partial charge >= 0.3 is 0 Å². The normalized spacial score (nSPS) is 20.0. The van der Waals surface area contributed by atoms with Crippen molar-refractivity contribution in [2.24, 2.45) is 7.05 Å².